The lowest BCUT2D eigenvalue weighted by Crippen LogP contribution is -2.53. The molecular formula is C14H22BrClN2O3S. The van der Waals surface area contributed by atoms with E-state index in [1.54, 1.807) is 18.2 Å². The summed E-state index contributed by atoms with van der Waals surface area (Å²) in [5.41, 5.74) is 5.84. The third-order valence-electron chi connectivity index (χ3n) is 4.00. The summed E-state index contributed by atoms with van der Waals surface area (Å²) in [6.45, 7) is 4.87. The minimum Gasteiger partial charge on any atom is -0.497 e. The van der Waals surface area contributed by atoms with Crippen LogP contribution in [0.4, 0.5) is 0 Å². The van der Waals surface area contributed by atoms with Crippen LogP contribution >= 0.6 is 28.3 Å². The molecule has 5 nitrogen and oxygen atoms in total. The zero-order valence-electron chi connectivity index (χ0n) is 12.9. The number of halogens is 2. The highest BCUT2D eigenvalue weighted by Gasteiger charge is 2.38. The van der Waals surface area contributed by atoms with Crippen LogP contribution in [0.15, 0.2) is 27.6 Å². The number of benzene rings is 1. The summed E-state index contributed by atoms with van der Waals surface area (Å²) < 4.78 is 33.0. The first-order chi connectivity index (χ1) is 9.66. The fourth-order valence-corrected chi connectivity index (χ4v) is 4.79. The lowest BCUT2D eigenvalue weighted by atomic mass is 9.81. The molecule has 1 fully saturated rings. The van der Waals surface area contributed by atoms with Gasteiger partial charge in [0.15, 0.2) is 0 Å². The lowest BCUT2D eigenvalue weighted by molar-refractivity contribution is 0.155. The average Bonchev–Trinajstić information content (AvgIpc) is 2.40. The maximum atomic E-state index is 12.8. The molecule has 22 heavy (non-hydrogen) atoms. The summed E-state index contributed by atoms with van der Waals surface area (Å²) >= 11 is 3.32. The van der Waals surface area contributed by atoms with E-state index in [0.29, 0.717) is 29.7 Å². The molecule has 2 N–H and O–H groups in total. The number of hydrogen-bond donors (Lipinski definition) is 1. The Morgan fingerprint density at radius 2 is 2.00 bits per heavy atom. The van der Waals surface area contributed by atoms with Gasteiger partial charge in [0.25, 0.3) is 0 Å². The van der Waals surface area contributed by atoms with Crippen molar-refractivity contribution < 1.29 is 13.2 Å². The Hall–Kier alpha value is -0.340. The molecule has 1 aliphatic rings. The minimum absolute atomic E-state index is 0. The largest absolute Gasteiger partial charge is 0.497 e. The molecule has 0 saturated carbocycles. The third-order valence-corrected chi connectivity index (χ3v) is 6.28. The first kappa shape index (κ1) is 19.7. The number of nitrogens with zero attached hydrogens (tertiary/aromatic N) is 1. The van der Waals surface area contributed by atoms with Crippen molar-refractivity contribution in [2.75, 3.05) is 20.2 Å². The third kappa shape index (κ3) is 3.94. The first-order valence-corrected chi connectivity index (χ1v) is 9.00. The lowest BCUT2D eigenvalue weighted by Gasteiger charge is -2.41. The van der Waals surface area contributed by atoms with Gasteiger partial charge in [0.2, 0.25) is 10.0 Å². The number of hydrogen-bond acceptors (Lipinski definition) is 4. The summed E-state index contributed by atoms with van der Waals surface area (Å²) in [4.78, 5) is 0.236. The Morgan fingerprint density at radius 1 is 1.36 bits per heavy atom. The Kier molecular flexibility index (Phi) is 6.31. The second kappa shape index (κ2) is 7.05. The summed E-state index contributed by atoms with van der Waals surface area (Å²) in [5, 5.41) is 0. The van der Waals surface area contributed by atoms with Crippen molar-refractivity contribution in [1.82, 2.24) is 4.31 Å². The van der Waals surface area contributed by atoms with Crippen LogP contribution in [-0.2, 0) is 10.0 Å². The second-order valence-corrected chi connectivity index (χ2v) is 8.90. The maximum Gasteiger partial charge on any atom is 0.243 e. The standard InChI is InChI=1S/C14H21BrN2O3S.ClH/c1-14(2)9-17(5-4-13(14)16)21(18,19)12-7-10(15)6-11(8-12)20-3;/h6-8,13H,4-5,9,16H2,1-3H3;1H. The molecule has 1 heterocycles. The van der Waals surface area contributed by atoms with Crippen LogP contribution < -0.4 is 10.5 Å². The van der Waals surface area contributed by atoms with Crippen molar-refractivity contribution in [2.24, 2.45) is 11.1 Å². The van der Waals surface area contributed by atoms with Crippen molar-refractivity contribution in [3.63, 3.8) is 0 Å². The highest BCUT2D eigenvalue weighted by atomic mass is 79.9. The quantitative estimate of drug-likeness (QED) is 0.827. The Balaban J connectivity index is 0.00000242. The highest BCUT2D eigenvalue weighted by molar-refractivity contribution is 9.10. The fraction of sp³-hybridized carbons (Fsp3) is 0.571. The maximum absolute atomic E-state index is 12.8. The molecule has 0 radical (unpaired) electrons. The molecule has 0 aromatic heterocycles. The van der Waals surface area contributed by atoms with E-state index in [1.807, 2.05) is 13.8 Å². The van der Waals surface area contributed by atoms with Gasteiger partial charge in [-0.05, 0) is 24.0 Å². The monoisotopic (exact) mass is 412 g/mol. The number of nitrogens with two attached hydrogens (primary N) is 1. The Bertz CT molecular complexity index is 637. The van der Waals surface area contributed by atoms with Crippen molar-refractivity contribution in [2.45, 2.75) is 31.2 Å². The first-order valence-electron chi connectivity index (χ1n) is 6.77. The van der Waals surface area contributed by atoms with E-state index >= 15 is 0 Å². The van der Waals surface area contributed by atoms with Gasteiger partial charge in [-0.3, -0.25) is 0 Å². The van der Waals surface area contributed by atoms with E-state index in [4.69, 9.17) is 10.5 Å². The number of piperidine rings is 1. The van der Waals surface area contributed by atoms with Crippen LogP contribution in [0.5, 0.6) is 5.75 Å². The molecule has 0 amide bonds. The van der Waals surface area contributed by atoms with Gasteiger partial charge in [0.1, 0.15) is 5.75 Å². The van der Waals surface area contributed by atoms with Crippen LogP contribution in [0.25, 0.3) is 0 Å². The molecular weight excluding hydrogens is 392 g/mol. The van der Waals surface area contributed by atoms with Gasteiger partial charge in [-0.25, -0.2) is 8.42 Å². The molecule has 2 rings (SSSR count). The van der Waals surface area contributed by atoms with Crippen molar-refractivity contribution in [3.8, 4) is 5.75 Å². The zero-order chi connectivity index (χ0) is 15.8. The molecule has 0 bridgehead atoms. The predicted octanol–water partition coefficient (Wildman–Crippen LogP) is 2.63. The van der Waals surface area contributed by atoms with Gasteiger partial charge >= 0.3 is 0 Å². The van der Waals surface area contributed by atoms with Gasteiger partial charge < -0.3 is 10.5 Å². The Labute approximate surface area is 146 Å². The van der Waals surface area contributed by atoms with E-state index in [0.717, 1.165) is 0 Å². The molecule has 0 aliphatic carbocycles. The van der Waals surface area contributed by atoms with Crippen LogP contribution in [-0.4, -0.2) is 39.0 Å². The fourth-order valence-electron chi connectivity index (χ4n) is 2.48. The van der Waals surface area contributed by atoms with E-state index in [2.05, 4.69) is 15.9 Å². The van der Waals surface area contributed by atoms with Gasteiger partial charge in [-0.15, -0.1) is 12.4 Å². The van der Waals surface area contributed by atoms with Crippen molar-refractivity contribution in [3.05, 3.63) is 22.7 Å². The molecule has 1 aliphatic heterocycles. The summed E-state index contributed by atoms with van der Waals surface area (Å²) in [5.74, 6) is 0.510. The van der Waals surface area contributed by atoms with Crippen molar-refractivity contribution >= 4 is 38.4 Å². The minimum atomic E-state index is -3.54. The molecule has 8 heteroatoms. The molecule has 126 valence electrons. The van der Waals surface area contributed by atoms with E-state index in [-0.39, 0.29) is 28.8 Å². The summed E-state index contributed by atoms with van der Waals surface area (Å²) in [7, 11) is -2.03. The van der Waals surface area contributed by atoms with Crippen LogP contribution in [0.2, 0.25) is 0 Å². The normalized spacial score (nSPS) is 22.0. The molecule has 1 atom stereocenters. The number of methoxy groups -OCH3 is 1. The zero-order valence-corrected chi connectivity index (χ0v) is 16.1. The van der Waals surface area contributed by atoms with E-state index < -0.39 is 10.0 Å². The molecule has 1 aromatic rings. The van der Waals surface area contributed by atoms with E-state index in [1.165, 1.54) is 11.4 Å². The van der Waals surface area contributed by atoms with Gasteiger partial charge in [-0.2, -0.15) is 4.31 Å². The van der Waals surface area contributed by atoms with Crippen LogP contribution in [0.1, 0.15) is 20.3 Å². The smallest absolute Gasteiger partial charge is 0.243 e. The summed E-state index contributed by atoms with van der Waals surface area (Å²) in [6, 6.07) is 4.89. The molecule has 0 spiro atoms. The average molecular weight is 414 g/mol. The van der Waals surface area contributed by atoms with Crippen molar-refractivity contribution in [1.29, 1.82) is 0 Å². The van der Waals surface area contributed by atoms with Gasteiger partial charge in [-0.1, -0.05) is 29.8 Å². The van der Waals surface area contributed by atoms with Gasteiger partial charge in [0.05, 0.1) is 12.0 Å². The SMILES string of the molecule is COc1cc(Br)cc(S(=O)(=O)N2CCC(N)C(C)(C)C2)c1.Cl. The van der Waals surface area contributed by atoms with Crippen LogP contribution in [0.3, 0.4) is 0 Å². The number of ether oxygens (including phenoxy) is 1. The molecule has 1 saturated heterocycles. The molecule has 1 aromatic carbocycles. The predicted molar refractivity (Wildman–Crippen MR) is 93.1 cm³/mol. The topological polar surface area (TPSA) is 72.6 Å². The van der Waals surface area contributed by atoms with Gasteiger partial charge in [0, 0.05) is 29.7 Å². The van der Waals surface area contributed by atoms with Crippen LogP contribution in [0, 0.1) is 5.41 Å². The number of rotatable bonds is 3. The number of sulfonamides is 1. The Morgan fingerprint density at radius 3 is 2.55 bits per heavy atom. The summed E-state index contributed by atoms with van der Waals surface area (Å²) in [6.07, 6.45) is 0.664. The molecule has 1 unspecified atom stereocenters. The highest BCUT2D eigenvalue weighted by Crippen LogP contribution is 2.33. The second-order valence-electron chi connectivity index (χ2n) is 6.05. The van der Waals surface area contributed by atoms with E-state index in [9.17, 15) is 8.42 Å².